The number of hydrogen-bond acceptors (Lipinski definition) is 1. The number of unbranched alkanes of at least 4 members (excludes halogenated alkanes) is 4. The molecule has 0 aromatic heterocycles. The lowest BCUT2D eigenvalue weighted by atomic mass is 10.2. The minimum atomic E-state index is 0.706. The number of carbonyl (C=O) groups excluding carboxylic acids is 1. The van der Waals surface area contributed by atoms with Crippen LogP contribution in [0.2, 0.25) is 0 Å². The Kier molecular flexibility index (Phi) is 8.91. The number of allylic oxidation sites excluding steroid dienone is 2. The fourth-order valence-electron chi connectivity index (χ4n) is 0.877. The predicted octanol–water partition coefficient (Wildman–Crippen LogP) is 3.10. The van der Waals surface area contributed by atoms with Gasteiger partial charge in [0.05, 0.1) is 0 Å². The van der Waals surface area contributed by atoms with Gasteiger partial charge in [0.25, 0.3) is 0 Å². The second-order valence-electron chi connectivity index (χ2n) is 2.71. The van der Waals surface area contributed by atoms with Crippen LogP contribution in [0.15, 0.2) is 12.2 Å². The summed E-state index contributed by atoms with van der Waals surface area (Å²) in [5.41, 5.74) is 0. The molecule has 0 aliphatic heterocycles. The molecule has 0 N–H and O–H groups in total. The summed E-state index contributed by atoms with van der Waals surface area (Å²) in [5.74, 6) is 0. The average Bonchev–Trinajstić information content (AvgIpc) is 2.03. The first-order valence-electron chi connectivity index (χ1n) is 4.50. The smallest absolute Gasteiger partial charge is 0.120 e. The van der Waals surface area contributed by atoms with Gasteiger partial charge in [-0.15, -0.1) is 0 Å². The van der Waals surface area contributed by atoms with Gasteiger partial charge < -0.3 is 4.79 Å². The van der Waals surface area contributed by atoms with Gasteiger partial charge in [-0.25, -0.2) is 0 Å². The van der Waals surface area contributed by atoms with E-state index in [2.05, 4.69) is 19.1 Å². The van der Waals surface area contributed by atoms with E-state index >= 15 is 0 Å². The molecule has 0 heterocycles. The molecule has 0 aromatic rings. The van der Waals surface area contributed by atoms with Crippen molar-refractivity contribution in [2.75, 3.05) is 0 Å². The highest BCUT2D eigenvalue weighted by molar-refractivity contribution is 5.48. The van der Waals surface area contributed by atoms with Crippen molar-refractivity contribution < 1.29 is 4.79 Å². The maximum absolute atomic E-state index is 9.92. The molecule has 64 valence electrons. The van der Waals surface area contributed by atoms with Crippen LogP contribution in [0, 0.1) is 0 Å². The minimum Gasteiger partial charge on any atom is -0.303 e. The van der Waals surface area contributed by atoms with Crippen LogP contribution in [-0.4, -0.2) is 6.29 Å². The summed E-state index contributed by atoms with van der Waals surface area (Å²) in [6, 6.07) is 0. The minimum absolute atomic E-state index is 0.706. The van der Waals surface area contributed by atoms with E-state index in [0.29, 0.717) is 6.42 Å². The standard InChI is InChI=1S/C10H18O/c1-2-3-4-5-6-7-8-9-10-11/h5-6,10H,2-4,7-9H2,1H3. The highest BCUT2D eigenvalue weighted by Crippen LogP contribution is 1.98. The van der Waals surface area contributed by atoms with E-state index in [1.165, 1.54) is 19.3 Å². The highest BCUT2D eigenvalue weighted by Gasteiger charge is 1.81. The van der Waals surface area contributed by atoms with Crippen LogP contribution in [0.5, 0.6) is 0 Å². The molecule has 0 unspecified atom stereocenters. The first kappa shape index (κ1) is 10.4. The first-order chi connectivity index (χ1) is 5.41. The summed E-state index contributed by atoms with van der Waals surface area (Å²) in [6.07, 6.45) is 11.9. The molecule has 0 aromatic carbocycles. The lowest BCUT2D eigenvalue weighted by molar-refractivity contribution is -0.107. The molecular formula is C10H18O. The van der Waals surface area contributed by atoms with Gasteiger partial charge in [-0.2, -0.15) is 0 Å². The van der Waals surface area contributed by atoms with Crippen molar-refractivity contribution >= 4 is 6.29 Å². The molecule has 0 saturated carbocycles. The Bertz CT molecular complexity index is 105. The molecule has 1 nitrogen and oxygen atoms in total. The Hall–Kier alpha value is -0.590. The molecule has 0 atom stereocenters. The van der Waals surface area contributed by atoms with Gasteiger partial charge >= 0.3 is 0 Å². The van der Waals surface area contributed by atoms with Gasteiger partial charge in [0.2, 0.25) is 0 Å². The van der Waals surface area contributed by atoms with Gasteiger partial charge in [-0.3, -0.25) is 0 Å². The summed E-state index contributed by atoms with van der Waals surface area (Å²) in [6.45, 7) is 2.19. The van der Waals surface area contributed by atoms with Crippen LogP contribution >= 0.6 is 0 Å². The van der Waals surface area contributed by atoms with Crippen LogP contribution < -0.4 is 0 Å². The van der Waals surface area contributed by atoms with E-state index in [4.69, 9.17) is 0 Å². The summed E-state index contributed by atoms with van der Waals surface area (Å²) >= 11 is 0. The predicted molar refractivity (Wildman–Crippen MR) is 48.6 cm³/mol. The third-order valence-corrected chi connectivity index (χ3v) is 1.58. The summed E-state index contributed by atoms with van der Waals surface area (Å²) in [4.78, 5) is 9.92. The van der Waals surface area contributed by atoms with Gasteiger partial charge in [0, 0.05) is 6.42 Å². The Morgan fingerprint density at radius 1 is 1.00 bits per heavy atom. The van der Waals surface area contributed by atoms with E-state index in [-0.39, 0.29) is 0 Å². The Morgan fingerprint density at radius 2 is 1.64 bits per heavy atom. The van der Waals surface area contributed by atoms with Gasteiger partial charge in [-0.1, -0.05) is 31.9 Å². The summed E-state index contributed by atoms with van der Waals surface area (Å²) in [5, 5.41) is 0. The normalized spacial score (nSPS) is 10.6. The first-order valence-corrected chi connectivity index (χ1v) is 4.50. The molecule has 0 aliphatic rings. The summed E-state index contributed by atoms with van der Waals surface area (Å²) in [7, 11) is 0. The quantitative estimate of drug-likeness (QED) is 0.313. The van der Waals surface area contributed by atoms with Gasteiger partial charge in [0.1, 0.15) is 6.29 Å². The van der Waals surface area contributed by atoms with Crippen LogP contribution in [-0.2, 0) is 4.79 Å². The van der Waals surface area contributed by atoms with E-state index in [1.54, 1.807) is 0 Å². The zero-order chi connectivity index (χ0) is 8.36. The zero-order valence-corrected chi connectivity index (χ0v) is 7.38. The second kappa shape index (κ2) is 9.41. The zero-order valence-electron chi connectivity index (χ0n) is 7.38. The number of rotatable bonds is 7. The summed E-state index contributed by atoms with van der Waals surface area (Å²) < 4.78 is 0. The van der Waals surface area contributed by atoms with E-state index in [9.17, 15) is 4.79 Å². The number of hydrogen-bond donors (Lipinski definition) is 0. The van der Waals surface area contributed by atoms with E-state index < -0.39 is 0 Å². The van der Waals surface area contributed by atoms with E-state index in [0.717, 1.165) is 19.1 Å². The monoisotopic (exact) mass is 154 g/mol. The molecule has 0 rings (SSSR count). The Labute approximate surface area is 69.5 Å². The number of carbonyl (C=O) groups is 1. The Morgan fingerprint density at radius 3 is 2.18 bits per heavy atom. The lowest BCUT2D eigenvalue weighted by Crippen LogP contribution is -1.74. The third kappa shape index (κ3) is 9.41. The van der Waals surface area contributed by atoms with Crippen molar-refractivity contribution in [3.8, 4) is 0 Å². The fraction of sp³-hybridized carbons (Fsp3) is 0.700. The van der Waals surface area contributed by atoms with Crippen LogP contribution in [0.4, 0.5) is 0 Å². The lowest BCUT2D eigenvalue weighted by Gasteiger charge is -1.89. The van der Waals surface area contributed by atoms with E-state index in [1.807, 2.05) is 0 Å². The molecule has 0 bridgehead atoms. The highest BCUT2D eigenvalue weighted by atomic mass is 16.1. The molecular weight excluding hydrogens is 136 g/mol. The molecule has 0 spiro atoms. The number of aldehydes is 1. The fourth-order valence-corrected chi connectivity index (χ4v) is 0.877. The van der Waals surface area contributed by atoms with Crippen molar-refractivity contribution in [2.24, 2.45) is 0 Å². The van der Waals surface area contributed by atoms with Crippen molar-refractivity contribution in [2.45, 2.75) is 45.4 Å². The molecule has 0 radical (unpaired) electrons. The van der Waals surface area contributed by atoms with Gasteiger partial charge in [-0.05, 0) is 19.3 Å². The van der Waals surface area contributed by atoms with Crippen LogP contribution in [0.1, 0.15) is 45.4 Å². The van der Waals surface area contributed by atoms with Crippen molar-refractivity contribution in [3.63, 3.8) is 0 Å². The maximum Gasteiger partial charge on any atom is 0.120 e. The van der Waals surface area contributed by atoms with Crippen molar-refractivity contribution in [1.29, 1.82) is 0 Å². The molecule has 0 aliphatic carbocycles. The largest absolute Gasteiger partial charge is 0.303 e. The second-order valence-corrected chi connectivity index (χ2v) is 2.71. The molecule has 0 fully saturated rings. The molecule has 1 heteroatoms. The van der Waals surface area contributed by atoms with Crippen molar-refractivity contribution in [3.05, 3.63) is 12.2 Å². The Balaban J connectivity index is 2.97. The SMILES string of the molecule is CCCCC=CCCCC=O. The maximum atomic E-state index is 9.92. The average molecular weight is 154 g/mol. The molecule has 0 amide bonds. The van der Waals surface area contributed by atoms with Gasteiger partial charge in [0.15, 0.2) is 0 Å². The van der Waals surface area contributed by atoms with Crippen LogP contribution in [0.25, 0.3) is 0 Å². The molecule has 11 heavy (non-hydrogen) atoms. The third-order valence-electron chi connectivity index (χ3n) is 1.58. The topological polar surface area (TPSA) is 17.1 Å². The molecule has 0 saturated heterocycles. The van der Waals surface area contributed by atoms with Crippen LogP contribution in [0.3, 0.4) is 0 Å². The van der Waals surface area contributed by atoms with Crippen molar-refractivity contribution in [1.82, 2.24) is 0 Å².